The molecule has 1 aliphatic heterocycles. The molecule has 5 nitrogen and oxygen atoms in total. The maximum atomic E-state index is 11.8. The summed E-state index contributed by atoms with van der Waals surface area (Å²) in [6.45, 7) is 5.20. The second-order valence-electron chi connectivity index (χ2n) is 4.52. The van der Waals surface area contributed by atoms with Crippen molar-refractivity contribution in [3.05, 3.63) is 0 Å². The lowest BCUT2D eigenvalue weighted by Crippen LogP contribution is -2.52. The van der Waals surface area contributed by atoms with Crippen LogP contribution in [0.4, 0.5) is 0 Å². The van der Waals surface area contributed by atoms with Crippen LogP contribution in [0.15, 0.2) is 0 Å². The quantitative estimate of drug-likeness (QED) is 0.708. The molecule has 1 atom stereocenters. The van der Waals surface area contributed by atoms with Crippen LogP contribution in [0.1, 0.15) is 26.7 Å². The molecule has 1 fully saturated rings. The molecule has 6 heteroatoms. The Hall–Kier alpha value is -1.10. The Balaban J connectivity index is 2.37. The van der Waals surface area contributed by atoms with Crippen molar-refractivity contribution < 1.29 is 14.4 Å². The number of hydrogen-bond acceptors (Lipinski definition) is 3. The van der Waals surface area contributed by atoms with Crippen molar-refractivity contribution in [1.29, 1.82) is 0 Å². The average molecular weight is 275 g/mol. The van der Waals surface area contributed by atoms with Crippen molar-refractivity contribution in [1.82, 2.24) is 9.80 Å². The van der Waals surface area contributed by atoms with Gasteiger partial charge in [0.2, 0.25) is 11.8 Å². The molecule has 0 spiro atoms. The second kappa shape index (κ2) is 6.73. The molecule has 2 amide bonds. The number of rotatable bonds is 4. The largest absolute Gasteiger partial charge is 0.339 e. The Kier molecular flexibility index (Phi) is 5.59. The summed E-state index contributed by atoms with van der Waals surface area (Å²) in [5.41, 5.74) is 0. The monoisotopic (exact) mass is 274 g/mol. The third kappa shape index (κ3) is 4.29. The van der Waals surface area contributed by atoms with Gasteiger partial charge in [-0.15, -0.1) is 11.6 Å². The predicted molar refractivity (Wildman–Crippen MR) is 68.4 cm³/mol. The van der Waals surface area contributed by atoms with Crippen molar-refractivity contribution in [3.63, 3.8) is 0 Å². The molecule has 0 aromatic carbocycles. The van der Waals surface area contributed by atoms with Crippen LogP contribution in [-0.4, -0.2) is 59.0 Å². The van der Waals surface area contributed by atoms with E-state index >= 15 is 0 Å². The average Bonchev–Trinajstić information content (AvgIpc) is 2.35. The second-order valence-corrected chi connectivity index (χ2v) is 5.18. The molecule has 1 rings (SSSR count). The summed E-state index contributed by atoms with van der Waals surface area (Å²) < 4.78 is 0. The molecule has 102 valence electrons. The van der Waals surface area contributed by atoms with Crippen molar-refractivity contribution in [2.45, 2.75) is 32.1 Å². The van der Waals surface area contributed by atoms with Crippen molar-refractivity contribution in [2.75, 3.05) is 26.2 Å². The minimum atomic E-state index is -0.523. The van der Waals surface area contributed by atoms with Crippen LogP contribution >= 0.6 is 11.6 Å². The summed E-state index contributed by atoms with van der Waals surface area (Å²) >= 11 is 5.74. The number of Topliss-reactive ketones (excluding diaryl/α,β-unsaturated/α-hetero) is 1. The maximum absolute atomic E-state index is 11.8. The highest BCUT2D eigenvalue weighted by atomic mass is 35.5. The highest BCUT2D eigenvalue weighted by Gasteiger charge is 2.25. The summed E-state index contributed by atoms with van der Waals surface area (Å²) in [5.74, 6) is -0.0862. The predicted octanol–water partition coefficient (Wildman–Crippen LogP) is 0.654. The van der Waals surface area contributed by atoms with Crippen LogP contribution in [0.5, 0.6) is 0 Å². The first-order chi connectivity index (χ1) is 8.41. The lowest BCUT2D eigenvalue weighted by atomic mass is 10.2. The standard InChI is InChI=1S/C12H19ClN2O3/c1-9(16)3-4-11(17)14-5-7-15(8-6-14)12(18)10(2)13/h10H,3-8H2,1-2H3. The fourth-order valence-electron chi connectivity index (χ4n) is 1.87. The van der Waals surface area contributed by atoms with Crippen LogP contribution in [0.25, 0.3) is 0 Å². The summed E-state index contributed by atoms with van der Waals surface area (Å²) in [6.07, 6.45) is 0.548. The van der Waals surface area contributed by atoms with E-state index in [-0.39, 0.29) is 30.4 Å². The van der Waals surface area contributed by atoms with E-state index in [0.29, 0.717) is 26.2 Å². The zero-order valence-corrected chi connectivity index (χ0v) is 11.6. The van der Waals surface area contributed by atoms with Gasteiger partial charge in [0.25, 0.3) is 0 Å². The molecule has 1 aliphatic rings. The number of piperazine rings is 1. The van der Waals surface area contributed by atoms with E-state index in [0.717, 1.165) is 0 Å². The van der Waals surface area contributed by atoms with Gasteiger partial charge in [-0.2, -0.15) is 0 Å². The summed E-state index contributed by atoms with van der Waals surface area (Å²) in [7, 11) is 0. The van der Waals surface area contributed by atoms with E-state index in [4.69, 9.17) is 11.6 Å². The van der Waals surface area contributed by atoms with E-state index in [9.17, 15) is 14.4 Å². The third-order valence-corrected chi connectivity index (χ3v) is 3.16. The highest BCUT2D eigenvalue weighted by molar-refractivity contribution is 6.30. The van der Waals surface area contributed by atoms with E-state index in [1.54, 1.807) is 16.7 Å². The maximum Gasteiger partial charge on any atom is 0.240 e. The van der Waals surface area contributed by atoms with Gasteiger partial charge in [-0.1, -0.05) is 0 Å². The molecule has 0 bridgehead atoms. The van der Waals surface area contributed by atoms with Gasteiger partial charge < -0.3 is 14.6 Å². The molecule has 0 aromatic heterocycles. The van der Waals surface area contributed by atoms with Crippen LogP contribution in [0.2, 0.25) is 0 Å². The number of carbonyl (C=O) groups is 3. The normalized spacial score (nSPS) is 17.5. The number of carbonyl (C=O) groups excluding carboxylic acids is 3. The van der Waals surface area contributed by atoms with Gasteiger partial charge in [0.1, 0.15) is 11.2 Å². The molecule has 0 radical (unpaired) electrons. The molecule has 0 N–H and O–H groups in total. The fourth-order valence-corrected chi connectivity index (χ4v) is 2.01. The van der Waals surface area contributed by atoms with Crippen molar-refractivity contribution in [3.8, 4) is 0 Å². The van der Waals surface area contributed by atoms with Crippen molar-refractivity contribution in [2.24, 2.45) is 0 Å². The first-order valence-corrected chi connectivity index (χ1v) is 6.55. The molecule has 18 heavy (non-hydrogen) atoms. The number of halogens is 1. The van der Waals surface area contributed by atoms with Crippen LogP contribution in [-0.2, 0) is 14.4 Å². The van der Waals surface area contributed by atoms with Gasteiger partial charge >= 0.3 is 0 Å². The van der Waals surface area contributed by atoms with Crippen LogP contribution in [0, 0.1) is 0 Å². The summed E-state index contributed by atoms with van der Waals surface area (Å²) in [5, 5.41) is -0.523. The van der Waals surface area contributed by atoms with Gasteiger partial charge in [0.05, 0.1) is 0 Å². The summed E-state index contributed by atoms with van der Waals surface area (Å²) in [6, 6.07) is 0. The number of ketones is 1. The van der Waals surface area contributed by atoms with Gasteiger partial charge in [-0.25, -0.2) is 0 Å². The summed E-state index contributed by atoms with van der Waals surface area (Å²) in [4.78, 5) is 37.6. The van der Waals surface area contributed by atoms with E-state index in [1.165, 1.54) is 6.92 Å². The van der Waals surface area contributed by atoms with Gasteiger partial charge in [0.15, 0.2) is 0 Å². The topological polar surface area (TPSA) is 57.7 Å². The smallest absolute Gasteiger partial charge is 0.240 e. The minimum Gasteiger partial charge on any atom is -0.339 e. The Morgan fingerprint density at radius 3 is 2.00 bits per heavy atom. The van der Waals surface area contributed by atoms with Crippen molar-refractivity contribution >= 4 is 29.2 Å². The third-order valence-electron chi connectivity index (χ3n) is 2.98. The number of hydrogen-bond donors (Lipinski definition) is 0. The first-order valence-electron chi connectivity index (χ1n) is 6.12. The first kappa shape index (κ1) is 15.0. The Bertz CT molecular complexity index is 336. The number of nitrogens with zero attached hydrogens (tertiary/aromatic N) is 2. The lowest BCUT2D eigenvalue weighted by Gasteiger charge is -2.35. The molecule has 0 aromatic rings. The SMILES string of the molecule is CC(=O)CCC(=O)N1CCN(C(=O)C(C)Cl)CC1. The molecule has 1 heterocycles. The van der Waals surface area contributed by atoms with E-state index in [1.807, 2.05) is 0 Å². The number of alkyl halides is 1. The molecule has 1 unspecified atom stereocenters. The van der Waals surface area contributed by atoms with Gasteiger partial charge in [0, 0.05) is 39.0 Å². The Morgan fingerprint density at radius 1 is 1.06 bits per heavy atom. The molecule has 1 saturated heterocycles. The number of amides is 2. The lowest BCUT2D eigenvalue weighted by molar-refractivity contribution is -0.139. The molecule has 0 saturated carbocycles. The zero-order chi connectivity index (χ0) is 13.7. The Morgan fingerprint density at radius 2 is 1.56 bits per heavy atom. The Labute approximate surface area is 112 Å². The van der Waals surface area contributed by atoms with Crippen LogP contribution in [0.3, 0.4) is 0 Å². The van der Waals surface area contributed by atoms with Gasteiger partial charge in [-0.05, 0) is 13.8 Å². The van der Waals surface area contributed by atoms with E-state index in [2.05, 4.69) is 0 Å². The zero-order valence-electron chi connectivity index (χ0n) is 10.8. The minimum absolute atomic E-state index is 0.0174. The molecular weight excluding hydrogens is 256 g/mol. The van der Waals surface area contributed by atoms with E-state index < -0.39 is 5.38 Å². The van der Waals surface area contributed by atoms with Gasteiger partial charge in [-0.3, -0.25) is 9.59 Å². The van der Waals surface area contributed by atoms with Crippen LogP contribution < -0.4 is 0 Å². The fraction of sp³-hybridized carbons (Fsp3) is 0.750. The molecular formula is C12H19ClN2O3. The molecule has 0 aliphatic carbocycles. The highest BCUT2D eigenvalue weighted by Crippen LogP contribution is 2.08.